The van der Waals surface area contributed by atoms with Crippen LogP contribution < -0.4 is 0 Å². The molecule has 1 aliphatic carbocycles. The summed E-state index contributed by atoms with van der Waals surface area (Å²) in [5, 5.41) is 0. The highest BCUT2D eigenvalue weighted by molar-refractivity contribution is 5.89. The van der Waals surface area contributed by atoms with Crippen LogP contribution in [0.15, 0.2) is 30.3 Å². The Balaban J connectivity index is 1.55. The maximum atomic E-state index is 13.1. The average molecular weight is 327 g/mol. The first-order chi connectivity index (χ1) is 11.6. The Kier molecular flexibility index (Phi) is 4.04. The molecule has 3 fully saturated rings. The standard InChI is InChI=1S/C19H25N3O2/c1-20-12-15(11-18(20)23)19(24)22-10-9-21(16-7-8-16)13-17(22)14-5-3-2-4-6-14/h2-6,15-17H,7-13H2,1H3. The summed E-state index contributed by atoms with van der Waals surface area (Å²) in [5.74, 6) is 0.0550. The van der Waals surface area contributed by atoms with Crippen LogP contribution in [0.1, 0.15) is 30.9 Å². The zero-order valence-corrected chi connectivity index (χ0v) is 14.2. The molecule has 1 saturated carbocycles. The number of nitrogens with zero attached hydrogens (tertiary/aromatic N) is 3. The van der Waals surface area contributed by atoms with Crippen molar-refractivity contribution in [2.45, 2.75) is 31.3 Å². The number of carbonyl (C=O) groups is 2. The smallest absolute Gasteiger partial charge is 0.228 e. The van der Waals surface area contributed by atoms with Crippen LogP contribution in [-0.2, 0) is 9.59 Å². The van der Waals surface area contributed by atoms with Crippen molar-refractivity contribution in [2.24, 2.45) is 5.92 Å². The van der Waals surface area contributed by atoms with Crippen LogP contribution in [0.4, 0.5) is 0 Å². The van der Waals surface area contributed by atoms with Crippen molar-refractivity contribution in [1.82, 2.24) is 14.7 Å². The summed E-state index contributed by atoms with van der Waals surface area (Å²) >= 11 is 0. The number of likely N-dealkylation sites (tertiary alicyclic amines) is 1. The highest BCUT2D eigenvalue weighted by Gasteiger charge is 2.41. The van der Waals surface area contributed by atoms with Crippen molar-refractivity contribution in [3.8, 4) is 0 Å². The van der Waals surface area contributed by atoms with Crippen molar-refractivity contribution in [3.63, 3.8) is 0 Å². The van der Waals surface area contributed by atoms with E-state index < -0.39 is 0 Å². The Morgan fingerprint density at radius 1 is 1.08 bits per heavy atom. The second-order valence-corrected chi connectivity index (χ2v) is 7.36. The van der Waals surface area contributed by atoms with E-state index in [1.165, 1.54) is 18.4 Å². The number of hydrogen-bond acceptors (Lipinski definition) is 3. The third kappa shape index (κ3) is 2.93. The normalized spacial score (nSPS) is 28.5. The van der Waals surface area contributed by atoms with Crippen LogP contribution >= 0.6 is 0 Å². The molecule has 128 valence electrons. The summed E-state index contributed by atoms with van der Waals surface area (Å²) in [4.78, 5) is 31.2. The minimum absolute atomic E-state index is 0.0845. The summed E-state index contributed by atoms with van der Waals surface area (Å²) in [6, 6.07) is 11.2. The second-order valence-electron chi connectivity index (χ2n) is 7.36. The van der Waals surface area contributed by atoms with E-state index in [0.717, 1.165) is 19.6 Å². The average Bonchev–Trinajstić information content (AvgIpc) is 3.40. The first-order valence-electron chi connectivity index (χ1n) is 8.97. The molecule has 1 aromatic carbocycles. The molecule has 2 amide bonds. The number of benzene rings is 1. The minimum Gasteiger partial charge on any atom is -0.345 e. The lowest BCUT2D eigenvalue weighted by Gasteiger charge is -2.43. The number of carbonyl (C=O) groups excluding carboxylic acids is 2. The van der Waals surface area contributed by atoms with E-state index in [9.17, 15) is 9.59 Å². The van der Waals surface area contributed by atoms with Crippen LogP contribution in [0.5, 0.6) is 0 Å². The van der Waals surface area contributed by atoms with Gasteiger partial charge in [-0.1, -0.05) is 30.3 Å². The monoisotopic (exact) mass is 327 g/mol. The van der Waals surface area contributed by atoms with Gasteiger partial charge < -0.3 is 9.80 Å². The van der Waals surface area contributed by atoms with Crippen molar-refractivity contribution >= 4 is 11.8 Å². The molecule has 1 aromatic rings. The van der Waals surface area contributed by atoms with Crippen molar-refractivity contribution in [3.05, 3.63) is 35.9 Å². The van der Waals surface area contributed by atoms with Crippen LogP contribution in [0, 0.1) is 5.92 Å². The predicted molar refractivity (Wildman–Crippen MR) is 91.2 cm³/mol. The molecule has 5 nitrogen and oxygen atoms in total. The topological polar surface area (TPSA) is 43.9 Å². The van der Waals surface area contributed by atoms with Crippen LogP contribution in [0.2, 0.25) is 0 Å². The Bertz CT molecular complexity index is 629. The number of rotatable bonds is 3. The fraction of sp³-hybridized carbons (Fsp3) is 0.579. The van der Waals surface area contributed by atoms with Crippen LogP contribution in [0.3, 0.4) is 0 Å². The van der Waals surface area contributed by atoms with Gasteiger partial charge in [0.25, 0.3) is 0 Å². The van der Waals surface area contributed by atoms with E-state index in [1.54, 1.807) is 11.9 Å². The van der Waals surface area contributed by atoms with E-state index in [1.807, 2.05) is 23.1 Å². The van der Waals surface area contributed by atoms with Crippen molar-refractivity contribution in [1.29, 1.82) is 0 Å². The Morgan fingerprint density at radius 3 is 2.46 bits per heavy atom. The largest absolute Gasteiger partial charge is 0.345 e. The molecular weight excluding hydrogens is 302 g/mol. The fourth-order valence-corrected chi connectivity index (χ4v) is 4.06. The molecule has 0 spiro atoms. The lowest BCUT2D eigenvalue weighted by Crippen LogP contribution is -2.52. The molecule has 0 aromatic heterocycles. The fourth-order valence-electron chi connectivity index (χ4n) is 4.06. The lowest BCUT2D eigenvalue weighted by molar-refractivity contribution is -0.141. The SMILES string of the molecule is CN1CC(C(=O)N2CCN(C3CC3)CC2c2ccccc2)CC1=O. The molecule has 2 aliphatic heterocycles. The van der Waals surface area contributed by atoms with Gasteiger partial charge in [-0.2, -0.15) is 0 Å². The third-order valence-corrected chi connectivity index (χ3v) is 5.63. The van der Waals surface area contributed by atoms with Gasteiger partial charge in [-0.15, -0.1) is 0 Å². The number of piperazine rings is 1. The molecular formula is C19H25N3O2. The summed E-state index contributed by atoms with van der Waals surface area (Å²) in [7, 11) is 1.79. The van der Waals surface area contributed by atoms with E-state index in [0.29, 0.717) is 19.0 Å². The highest BCUT2D eigenvalue weighted by Crippen LogP contribution is 2.34. The molecule has 5 heteroatoms. The molecule has 2 saturated heterocycles. The van der Waals surface area contributed by atoms with Gasteiger partial charge in [-0.3, -0.25) is 14.5 Å². The van der Waals surface area contributed by atoms with Gasteiger partial charge in [0, 0.05) is 45.7 Å². The van der Waals surface area contributed by atoms with Gasteiger partial charge in [-0.25, -0.2) is 0 Å². The van der Waals surface area contributed by atoms with Crippen LogP contribution in [-0.4, -0.2) is 65.8 Å². The molecule has 4 rings (SSSR count). The van der Waals surface area contributed by atoms with Crippen molar-refractivity contribution < 1.29 is 9.59 Å². The molecule has 2 unspecified atom stereocenters. The molecule has 0 N–H and O–H groups in total. The van der Waals surface area contributed by atoms with Gasteiger partial charge in [0.05, 0.1) is 12.0 Å². The Hall–Kier alpha value is -1.88. The van der Waals surface area contributed by atoms with Gasteiger partial charge >= 0.3 is 0 Å². The second kappa shape index (κ2) is 6.20. The zero-order chi connectivity index (χ0) is 16.7. The molecule has 2 atom stereocenters. The third-order valence-electron chi connectivity index (χ3n) is 5.63. The van der Waals surface area contributed by atoms with Gasteiger partial charge in [0.15, 0.2) is 0 Å². The summed E-state index contributed by atoms with van der Waals surface area (Å²) in [5.41, 5.74) is 1.20. The van der Waals surface area contributed by atoms with E-state index in [-0.39, 0.29) is 23.8 Å². The first kappa shape index (κ1) is 15.6. The first-order valence-corrected chi connectivity index (χ1v) is 8.97. The molecule has 24 heavy (non-hydrogen) atoms. The summed E-state index contributed by atoms with van der Waals surface area (Å²) in [6.45, 7) is 3.19. The predicted octanol–water partition coefficient (Wildman–Crippen LogP) is 1.51. The van der Waals surface area contributed by atoms with E-state index in [4.69, 9.17) is 0 Å². The lowest BCUT2D eigenvalue weighted by atomic mass is 9.98. The quantitative estimate of drug-likeness (QED) is 0.845. The van der Waals surface area contributed by atoms with Crippen LogP contribution in [0.25, 0.3) is 0 Å². The molecule has 2 heterocycles. The number of amides is 2. The van der Waals surface area contributed by atoms with Gasteiger partial charge in [-0.05, 0) is 18.4 Å². The maximum absolute atomic E-state index is 13.1. The molecule has 0 radical (unpaired) electrons. The van der Waals surface area contributed by atoms with E-state index >= 15 is 0 Å². The highest BCUT2D eigenvalue weighted by atomic mass is 16.2. The zero-order valence-electron chi connectivity index (χ0n) is 14.2. The molecule has 3 aliphatic rings. The minimum atomic E-state index is -0.179. The van der Waals surface area contributed by atoms with Gasteiger partial charge in [0.1, 0.15) is 0 Å². The maximum Gasteiger partial charge on any atom is 0.228 e. The number of hydrogen-bond donors (Lipinski definition) is 0. The van der Waals surface area contributed by atoms with Gasteiger partial charge in [0.2, 0.25) is 11.8 Å². The van der Waals surface area contributed by atoms with E-state index in [2.05, 4.69) is 17.0 Å². The Morgan fingerprint density at radius 2 is 1.83 bits per heavy atom. The summed E-state index contributed by atoms with van der Waals surface area (Å²) < 4.78 is 0. The molecule has 0 bridgehead atoms. The summed E-state index contributed by atoms with van der Waals surface area (Å²) in [6.07, 6.45) is 2.94. The van der Waals surface area contributed by atoms with Crippen molar-refractivity contribution in [2.75, 3.05) is 33.2 Å². The Labute approximate surface area is 143 Å².